The highest BCUT2D eigenvalue weighted by molar-refractivity contribution is 7.76. The number of nitrogens with two attached hydrogens (primary N) is 1. The van der Waals surface area contributed by atoms with Crippen LogP contribution in [0.2, 0.25) is 0 Å². The van der Waals surface area contributed by atoms with E-state index in [9.17, 15) is 0 Å². The van der Waals surface area contributed by atoms with E-state index >= 15 is 0 Å². The normalized spacial score (nSPS) is 9.71. The van der Waals surface area contributed by atoms with Gasteiger partial charge in [-0.3, -0.25) is 14.3 Å². The number of hydrogen-bond acceptors (Lipinski definition) is 3. The second-order valence-corrected chi connectivity index (χ2v) is 2.69. The molecule has 0 aliphatic carbocycles. The Labute approximate surface area is 98.5 Å². The van der Waals surface area contributed by atoms with E-state index in [0.29, 0.717) is 0 Å². The molecule has 7 heteroatoms. The van der Waals surface area contributed by atoms with Crippen molar-refractivity contribution < 1.29 is 8.76 Å². The zero-order chi connectivity index (χ0) is 9.56. The van der Waals surface area contributed by atoms with Crippen LogP contribution in [0.5, 0.6) is 0 Å². The topological polar surface area (TPSA) is 79.0 Å². The molecule has 0 aliphatic heterocycles. The minimum absolute atomic E-state index is 0. The Morgan fingerprint density at radius 2 is 1.86 bits per heavy atom. The van der Waals surface area contributed by atoms with Gasteiger partial charge in [-0.2, -0.15) is 0 Å². The van der Waals surface area contributed by atoms with Crippen LogP contribution in [0.1, 0.15) is 11.3 Å². The molecule has 0 amide bonds. The molecule has 0 fully saturated rings. The van der Waals surface area contributed by atoms with E-state index in [-0.39, 0.29) is 24.8 Å². The quantitative estimate of drug-likeness (QED) is 0.713. The molecule has 0 radical (unpaired) electrons. The molecule has 4 nitrogen and oxygen atoms in total. The fourth-order valence-corrected chi connectivity index (χ4v) is 0.565. The Morgan fingerprint density at radius 1 is 1.43 bits per heavy atom. The molecule has 84 valence electrons. The third kappa shape index (κ3) is 11.8. The Hall–Kier alpha value is -0.200. The first-order valence-electron chi connectivity index (χ1n) is 3.26. The zero-order valence-corrected chi connectivity index (χ0v) is 10.2. The molecule has 1 rings (SSSR count). The van der Waals surface area contributed by atoms with Crippen molar-refractivity contribution in [2.75, 3.05) is 0 Å². The SMILES string of the molecule is Cc1cccnc1C.Cl.Cl.NS(=O)[O-]. The number of pyridine rings is 1. The van der Waals surface area contributed by atoms with Gasteiger partial charge in [0.15, 0.2) is 0 Å². The average Bonchev–Trinajstić information content (AvgIpc) is 1.94. The van der Waals surface area contributed by atoms with E-state index < -0.39 is 11.3 Å². The van der Waals surface area contributed by atoms with Gasteiger partial charge in [-0.25, -0.2) is 0 Å². The van der Waals surface area contributed by atoms with Crippen LogP contribution in [0, 0.1) is 13.8 Å². The van der Waals surface area contributed by atoms with E-state index in [1.807, 2.05) is 19.2 Å². The molecule has 0 aromatic carbocycles. The fourth-order valence-electron chi connectivity index (χ4n) is 0.565. The second kappa shape index (κ2) is 10.9. The number of nitrogens with zero attached hydrogens (tertiary/aromatic N) is 1. The van der Waals surface area contributed by atoms with Gasteiger partial charge in [-0.1, -0.05) is 6.07 Å². The maximum atomic E-state index is 8.78. The molecule has 1 aromatic heterocycles. The maximum absolute atomic E-state index is 8.78. The number of rotatable bonds is 0. The summed E-state index contributed by atoms with van der Waals surface area (Å²) in [6.45, 7) is 4.07. The lowest BCUT2D eigenvalue weighted by Crippen LogP contribution is -1.97. The van der Waals surface area contributed by atoms with Crippen molar-refractivity contribution in [2.24, 2.45) is 5.14 Å². The first-order chi connectivity index (χ1) is 5.54. The molecule has 1 heterocycles. The summed E-state index contributed by atoms with van der Waals surface area (Å²) >= 11 is -2.36. The number of aromatic nitrogens is 1. The van der Waals surface area contributed by atoms with Crippen molar-refractivity contribution in [3.8, 4) is 0 Å². The smallest absolute Gasteiger partial charge is 0.0401 e. The third-order valence-corrected chi connectivity index (χ3v) is 1.27. The van der Waals surface area contributed by atoms with Gasteiger partial charge in [0.05, 0.1) is 0 Å². The summed E-state index contributed by atoms with van der Waals surface area (Å²) < 4.78 is 17.6. The standard InChI is InChI=1S/C7H9N.2ClH.H3NO2S/c1-6-4-3-5-8-7(6)2;;;1-4(2)3/h3-5H,1-2H3;2*1H;1H2,(H,2,3)/p-1. The van der Waals surface area contributed by atoms with Crippen LogP contribution in [0.3, 0.4) is 0 Å². The number of hydrogen-bond donors (Lipinski definition) is 1. The fraction of sp³-hybridized carbons (Fsp3) is 0.286. The van der Waals surface area contributed by atoms with Gasteiger partial charge in [-0.15, -0.1) is 24.8 Å². The molecule has 1 aromatic rings. The van der Waals surface area contributed by atoms with E-state index in [0.717, 1.165) is 5.69 Å². The number of halogens is 2. The van der Waals surface area contributed by atoms with Crippen LogP contribution in [-0.2, 0) is 11.3 Å². The Morgan fingerprint density at radius 3 is 2.07 bits per heavy atom. The van der Waals surface area contributed by atoms with E-state index in [1.165, 1.54) is 5.56 Å². The van der Waals surface area contributed by atoms with Crippen molar-refractivity contribution in [2.45, 2.75) is 13.8 Å². The van der Waals surface area contributed by atoms with Gasteiger partial charge in [0.1, 0.15) is 0 Å². The van der Waals surface area contributed by atoms with E-state index in [2.05, 4.69) is 23.1 Å². The van der Waals surface area contributed by atoms with Crippen LogP contribution in [0.25, 0.3) is 0 Å². The van der Waals surface area contributed by atoms with Crippen LogP contribution in [-0.4, -0.2) is 13.7 Å². The van der Waals surface area contributed by atoms with Crippen LogP contribution in [0.15, 0.2) is 18.3 Å². The minimum Gasteiger partial charge on any atom is -0.760 e. The molecule has 0 saturated carbocycles. The molecule has 0 spiro atoms. The second-order valence-electron chi connectivity index (χ2n) is 2.17. The summed E-state index contributed by atoms with van der Waals surface area (Å²) in [5.74, 6) is 0. The summed E-state index contributed by atoms with van der Waals surface area (Å²) in [4.78, 5) is 4.08. The molecule has 0 aliphatic rings. The summed E-state index contributed by atoms with van der Waals surface area (Å²) in [5, 5.41) is 4.03. The van der Waals surface area contributed by atoms with Gasteiger partial charge in [0.25, 0.3) is 0 Å². The molecular formula is C7H13Cl2N2O2S-. The maximum Gasteiger partial charge on any atom is 0.0401 e. The third-order valence-electron chi connectivity index (χ3n) is 1.27. The summed E-state index contributed by atoms with van der Waals surface area (Å²) in [6, 6.07) is 4.00. The lowest BCUT2D eigenvalue weighted by Gasteiger charge is -1.92. The van der Waals surface area contributed by atoms with Crippen molar-refractivity contribution in [1.82, 2.24) is 4.98 Å². The van der Waals surface area contributed by atoms with Gasteiger partial charge in [0.2, 0.25) is 0 Å². The van der Waals surface area contributed by atoms with Crippen molar-refractivity contribution in [3.05, 3.63) is 29.6 Å². The van der Waals surface area contributed by atoms with Crippen molar-refractivity contribution in [1.29, 1.82) is 0 Å². The molecular weight excluding hydrogens is 247 g/mol. The largest absolute Gasteiger partial charge is 0.760 e. The highest BCUT2D eigenvalue weighted by Crippen LogP contribution is 1.98. The van der Waals surface area contributed by atoms with Gasteiger partial charge in [0, 0.05) is 23.2 Å². The van der Waals surface area contributed by atoms with Crippen molar-refractivity contribution >= 4 is 36.1 Å². The molecule has 0 bridgehead atoms. The molecule has 1 atom stereocenters. The average molecular weight is 260 g/mol. The summed E-state index contributed by atoms with van der Waals surface area (Å²) in [6.07, 6.45) is 1.81. The van der Waals surface area contributed by atoms with Crippen LogP contribution in [0.4, 0.5) is 0 Å². The summed E-state index contributed by atoms with van der Waals surface area (Å²) in [7, 11) is 0. The minimum atomic E-state index is -2.36. The zero-order valence-electron chi connectivity index (χ0n) is 7.80. The molecule has 2 N–H and O–H groups in total. The Bertz CT molecular complexity index is 249. The van der Waals surface area contributed by atoms with Gasteiger partial charge >= 0.3 is 0 Å². The number of aryl methyl sites for hydroxylation is 2. The Balaban J connectivity index is -0.000000180. The Kier molecular flexibility index (Phi) is 15.1. The van der Waals surface area contributed by atoms with Gasteiger partial charge in [-0.05, 0) is 25.5 Å². The van der Waals surface area contributed by atoms with Crippen LogP contribution >= 0.6 is 24.8 Å². The van der Waals surface area contributed by atoms with Crippen LogP contribution < -0.4 is 5.14 Å². The van der Waals surface area contributed by atoms with Crippen molar-refractivity contribution in [3.63, 3.8) is 0 Å². The highest BCUT2D eigenvalue weighted by Gasteiger charge is 1.85. The molecule has 14 heavy (non-hydrogen) atoms. The first-order valence-corrected chi connectivity index (χ1v) is 4.39. The van der Waals surface area contributed by atoms with E-state index in [1.54, 1.807) is 0 Å². The predicted molar refractivity (Wildman–Crippen MR) is 61.3 cm³/mol. The predicted octanol–water partition coefficient (Wildman–Crippen LogP) is 1.28. The summed E-state index contributed by atoms with van der Waals surface area (Å²) in [5.41, 5.74) is 2.38. The lowest BCUT2D eigenvalue weighted by molar-refractivity contribution is 0.539. The lowest BCUT2D eigenvalue weighted by atomic mass is 10.2. The van der Waals surface area contributed by atoms with Gasteiger partial charge < -0.3 is 4.55 Å². The highest BCUT2D eigenvalue weighted by atomic mass is 35.5. The monoisotopic (exact) mass is 259 g/mol. The van der Waals surface area contributed by atoms with E-state index in [4.69, 9.17) is 8.76 Å². The molecule has 1 unspecified atom stereocenters. The first kappa shape index (κ1) is 19.4. The molecule has 0 saturated heterocycles.